The summed E-state index contributed by atoms with van der Waals surface area (Å²) in [6.07, 6.45) is -5.70. The second-order valence-corrected chi connectivity index (χ2v) is 3.98. The topological polar surface area (TPSA) is 88.1 Å². The van der Waals surface area contributed by atoms with Crippen molar-refractivity contribution in [3.8, 4) is 0 Å². The third kappa shape index (κ3) is 4.47. The minimum Gasteiger partial charge on any atom is -0.456 e. The van der Waals surface area contributed by atoms with Gasteiger partial charge in [0.2, 0.25) is 6.36 Å². The van der Waals surface area contributed by atoms with E-state index < -0.39 is 42.6 Å². The van der Waals surface area contributed by atoms with E-state index in [0.29, 0.717) is 0 Å². The van der Waals surface area contributed by atoms with Gasteiger partial charge in [0.15, 0.2) is 18.3 Å². The van der Waals surface area contributed by atoms with E-state index in [4.69, 9.17) is 18.9 Å². The van der Waals surface area contributed by atoms with E-state index in [1.54, 1.807) is 0 Å². The first kappa shape index (κ1) is 15.4. The van der Waals surface area contributed by atoms with Gasteiger partial charge in [-0.3, -0.25) is 14.4 Å². The molecule has 19 heavy (non-hydrogen) atoms. The molecule has 0 amide bonds. The molecule has 7 nitrogen and oxygen atoms in total. The molecule has 1 heterocycles. The first-order valence-corrected chi connectivity index (χ1v) is 5.58. The second kappa shape index (κ2) is 6.46. The molecule has 0 unspecified atom stereocenters. The SMILES string of the molecule is CC(=O)O[C@H]1[C@H](OC(C)=O)[C@H](OC(C)=O)CO[C@H]1F. The lowest BCUT2D eigenvalue weighted by Crippen LogP contribution is -2.56. The van der Waals surface area contributed by atoms with Gasteiger partial charge in [0.05, 0.1) is 6.61 Å². The van der Waals surface area contributed by atoms with Crippen LogP contribution in [-0.4, -0.2) is 49.2 Å². The van der Waals surface area contributed by atoms with Gasteiger partial charge < -0.3 is 18.9 Å². The molecular formula is C11H15FO7. The average molecular weight is 278 g/mol. The minimum absolute atomic E-state index is 0.295. The van der Waals surface area contributed by atoms with Crippen LogP contribution in [0.1, 0.15) is 20.8 Å². The van der Waals surface area contributed by atoms with Crippen LogP contribution in [0, 0.1) is 0 Å². The molecule has 0 N–H and O–H groups in total. The zero-order valence-electron chi connectivity index (χ0n) is 10.8. The van der Waals surface area contributed by atoms with Crippen LogP contribution in [0.15, 0.2) is 0 Å². The maximum absolute atomic E-state index is 13.6. The lowest BCUT2D eigenvalue weighted by molar-refractivity contribution is -0.248. The quantitative estimate of drug-likeness (QED) is 0.534. The first-order valence-electron chi connectivity index (χ1n) is 5.58. The fraction of sp³-hybridized carbons (Fsp3) is 0.727. The number of esters is 3. The van der Waals surface area contributed by atoms with E-state index in [9.17, 15) is 18.8 Å². The van der Waals surface area contributed by atoms with Gasteiger partial charge in [0.1, 0.15) is 0 Å². The normalized spacial score (nSPS) is 30.3. The van der Waals surface area contributed by atoms with Crippen molar-refractivity contribution >= 4 is 17.9 Å². The van der Waals surface area contributed by atoms with Gasteiger partial charge in [-0.15, -0.1) is 0 Å². The number of rotatable bonds is 3. The monoisotopic (exact) mass is 278 g/mol. The molecule has 1 fully saturated rings. The first-order chi connectivity index (χ1) is 8.81. The van der Waals surface area contributed by atoms with Crippen LogP contribution in [-0.2, 0) is 33.3 Å². The molecule has 1 aliphatic rings. The van der Waals surface area contributed by atoms with Crippen LogP contribution < -0.4 is 0 Å². The van der Waals surface area contributed by atoms with E-state index in [1.165, 1.54) is 0 Å². The smallest absolute Gasteiger partial charge is 0.303 e. The van der Waals surface area contributed by atoms with Crippen LogP contribution in [0.2, 0.25) is 0 Å². The fourth-order valence-electron chi connectivity index (χ4n) is 1.70. The zero-order valence-corrected chi connectivity index (χ0v) is 10.8. The lowest BCUT2D eigenvalue weighted by Gasteiger charge is -2.37. The van der Waals surface area contributed by atoms with Gasteiger partial charge >= 0.3 is 17.9 Å². The zero-order chi connectivity index (χ0) is 14.6. The highest BCUT2D eigenvalue weighted by Gasteiger charge is 2.47. The highest BCUT2D eigenvalue weighted by atomic mass is 19.1. The third-order valence-electron chi connectivity index (χ3n) is 2.29. The molecule has 1 rings (SSSR count). The molecule has 0 aromatic carbocycles. The van der Waals surface area contributed by atoms with Gasteiger partial charge in [-0.05, 0) is 0 Å². The molecule has 8 heteroatoms. The maximum Gasteiger partial charge on any atom is 0.303 e. The fourth-order valence-corrected chi connectivity index (χ4v) is 1.70. The highest BCUT2D eigenvalue weighted by molar-refractivity contribution is 5.68. The van der Waals surface area contributed by atoms with Gasteiger partial charge in [0.25, 0.3) is 0 Å². The summed E-state index contributed by atoms with van der Waals surface area (Å²) in [6, 6.07) is 0. The van der Waals surface area contributed by atoms with Crippen molar-refractivity contribution in [2.45, 2.75) is 45.4 Å². The molecule has 0 saturated carbocycles. The van der Waals surface area contributed by atoms with Gasteiger partial charge in [-0.1, -0.05) is 0 Å². The Bertz CT molecular complexity index is 370. The summed E-state index contributed by atoms with van der Waals surface area (Å²) >= 11 is 0. The van der Waals surface area contributed by atoms with E-state index in [2.05, 4.69) is 0 Å². The average Bonchev–Trinajstić information content (AvgIpc) is 2.25. The summed E-state index contributed by atoms with van der Waals surface area (Å²) < 4.78 is 32.8. The highest BCUT2D eigenvalue weighted by Crippen LogP contribution is 2.24. The van der Waals surface area contributed by atoms with Crippen molar-refractivity contribution in [3.05, 3.63) is 0 Å². The Morgan fingerprint density at radius 2 is 1.42 bits per heavy atom. The van der Waals surface area contributed by atoms with E-state index in [-0.39, 0.29) is 6.61 Å². The van der Waals surface area contributed by atoms with Gasteiger partial charge in [-0.2, -0.15) is 0 Å². The summed E-state index contributed by atoms with van der Waals surface area (Å²) in [6.45, 7) is 3.04. The summed E-state index contributed by atoms with van der Waals surface area (Å²) in [5.74, 6) is -2.13. The Hall–Kier alpha value is -1.70. The van der Waals surface area contributed by atoms with Crippen molar-refractivity contribution in [2.75, 3.05) is 6.61 Å². The van der Waals surface area contributed by atoms with Crippen molar-refractivity contribution < 1.29 is 37.7 Å². The number of carbonyl (C=O) groups excluding carboxylic acids is 3. The number of carbonyl (C=O) groups is 3. The van der Waals surface area contributed by atoms with Crippen molar-refractivity contribution in [2.24, 2.45) is 0 Å². The Balaban J connectivity index is 2.89. The van der Waals surface area contributed by atoms with Crippen molar-refractivity contribution in [1.29, 1.82) is 0 Å². The molecule has 1 aliphatic heterocycles. The Morgan fingerprint density at radius 1 is 0.947 bits per heavy atom. The maximum atomic E-state index is 13.6. The predicted molar refractivity (Wildman–Crippen MR) is 57.5 cm³/mol. The largest absolute Gasteiger partial charge is 0.456 e. The Kier molecular flexibility index (Phi) is 5.22. The lowest BCUT2D eigenvalue weighted by atomic mass is 10.1. The van der Waals surface area contributed by atoms with Gasteiger partial charge in [0, 0.05) is 20.8 Å². The van der Waals surface area contributed by atoms with Crippen molar-refractivity contribution in [1.82, 2.24) is 0 Å². The molecule has 0 aromatic rings. The molecule has 108 valence electrons. The third-order valence-corrected chi connectivity index (χ3v) is 2.29. The second-order valence-electron chi connectivity index (χ2n) is 3.98. The molecule has 0 spiro atoms. The van der Waals surface area contributed by atoms with Gasteiger partial charge in [-0.25, -0.2) is 4.39 Å². The number of hydrogen-bond donors (Lipinski definition) is 0. The van der Waals surface area contributed by atoms with Crippen LogP contribution in [0.4, 0.5) is 4.39 Å². The molecule has 0 radical (unpaired) electrons. The van der Waals surface area contributed by atoms with Crippen LogP contribution in [0.5, 0.6) is 0 Å². The van der Waals surface area contributed by atoms with E-state index in [1.807, 2.05) is 0 Å². The van der Waals surface area contributed by atoms with Crippen LogP contribution in [0.3, 0.4) is 0 Å². The number of alkyl halides is 1. The number of hydrogen-bond acceptors (Lipinski definition) is 7. The summed E-state index contributed by atoms with van der Waals surface area (Å²) in [5.41, 5.74) is 0. The molecular weight excluding hydrogens is 263 g/mol. The van der Waals surface area contributed by atoms with Crippen LogP contribution >= 0.6 is 0 Å². The van der Waals surface area contributed by atoms with Crippen LogP contribution in [0.25, 0.3) is 0 Å². The molecule has 0 bridgehead atoms. The predicted octanol–water partition coefficient (Wildman–Crippen LogP) is 0.107. The molecule has 0 aliphatic carbocycles. The van der Waals surface area contributed by atoms with E-state index >= 15 is 0 Å². The Labute approximate surface area is 108 Å². The van der Waals surface area contributed by atoms with E-state index in [0.717, 1.165) is 20.8 Å². The molecule has 1 saturated heterocycles. The Morgan fingerprint density at radius 3 is 1.89 bits per heavy atom. The molecule has 4 atom stereocenters. The minimum atomic E-state index is -1.96. The molecule has 0 aromatic heterocycles. The standard InChI is InChI=1S/C11H15FO7/c1-5(13)17-8-4-16-11(12)10(19-7(3)15)9(8)18-6(2)14/h8-11H,4H2,1-3H3/t8-,9-,10+,11-/m1/s1. The number of halogens is 1. The number of ether oxygens (including phenoxy) is 4. The summed E-state index contributed by atoms with van der Waals surface area (Å²) in [5, 5.41) is 0. The summed E-state index contributed by atoms with van der Waals surface area (Å²) in [4.78, 5) is 32.9. The summed E-state index contributed by atoms with van der Waals surface area (Å²) in [7, 11) is 0. The van der Waals surface area contributed by atoms with Crippen molar-refractivity contribution in [3.63, 3.8) is 0 Å².